The number of rotatable bonds is 10. The molecule has 0 heterocycles. The molecule has 0 aliphatic carbocycles. The van der Waals surface area contributed by atoms with Crippen molar-refractivity contribution in [2.45, 2.75) is 59.3 Å². The van der Waals surface area contributed by atoms with Crippen molar-refractivity contribution in [1.29, 1.82) is 0 Å². The standard InChI is InChI=1S/C15H26O4/c1-4-7-8-9-10-13(14(16)18-11-5-2)15(17)19-12-6-3/h10H,4-9,11-12H2,1-3H3. The summed E-state index contributed by atoms with van der Waals surface area (Å²) in [4.78, 5) is 23.6. The number of ether oxygens (including phenoxy) is 2. The molecule has 0 radical (unpaired) electrons. The summed E-state index contributed by atoms with van der Waals surface area (Å²) in [6, 6.07) is 0. The van der Waals surface area contributed by atoms with Crippen LogP contribution in [0.3, 0.4) is 0 Å². The molecule has 0 aromatic heterocycles. The fraction of sp³-hybridized carbons (Fsp3) is 0.733. The minimum Gasteiger partial charge on any atom is -0.462 e. The van der Waals surface area contributed by atoms with Gasteiger partial charge in [-0.2, -0.15) is 0 Å². The lowest BCUT2D eigenvalue weighted by molar-refractivity contribution is -0.147. The van der Waals surface area contributed by atoms with Crippen LogP contribution in [0.15, 0.2) is 11.6 Å². The number of hydrogen-bond donors (Lipinski definition) is 0. The molecule has 0 aromatic carbocycles. The zero-order chi connectivity index (χ0) is 14.5. The lowest BCUT2D eigenvalue weighted by atomic mass is 10.1. The van der Waals surface area contributed by atoms with Gasteiger partial charge < -0.3 is 9.47 Å². The third kappa shape index (κ3) is 8.41. The first kappa shape index (κ1) is 17.7. The maximum Gasteiger partial charge on any atom is 0.345 e. The van der Waals surface area contributed by atoms with E-state index >= 15 is 0 Å². The minimum atomic E-state index is -0.570. The summed E-state index contributed by atoms with van der Waals surface area (Å²) in [6.45, 7) is 6.58. The molecule has 0 rings (SSSR count). The molecular weight excluding hydrogens is 244 g/mol. The Balaban J connectivity index is 4.52. The zero-order valence-electron chi connectivity index (χ0n) is 12.4. The number of allylic oxidation sites excluding steroid dienone is 1. The van der Waals surface area contributed by atoms with E-state index in [2.05, 4.69) is 6.92 Å². The van der Waals surface area contributed by atoms with E-state index in [4.69, 9.17) is 9.47 Å². The average Bonchev–Trinajstić information content (AvgIpc) is 2.42. The third-order valence-corrected chi connectivity index (χ3v) is 2.47. The third-order valence-electron chi connectivity index (χ3n) is 2.47. The summed E-state index contributed by atoms with van der Waals surface area (Å²) in [5.41, 5.74) is 0.0398. The van der Waals surface area contributed by atoms with Gasteiger partial charge in [0.1, 0.15) is 5.57 Å². The Bertz CT molecular complexity index is 273. The van der Waals surface area contributed by atoms with Crippen LogP contribution in [0.2, 0.25) is 0 Å². The van der Waals surface area contributed by atoms with E-state index in [0.717, 1.165) is 32.1 Å². The van der Waals surface area contributed by atoms with Gasteiger partial charge in [0.05, 0.1) is 13.2 Å². The number of carbonyl (C=O) groups excluding carboxylic acids is 2. The molecule has 0 amide bonds. The molecule has 110 valence electrons. The Morgan fingerprint density at radius 3 is 1.79 bits per heavy atom. The number of hydrogen-bond acceptors (Lipinski definition) is 4. The zero-order valence-corrected chi connectivity index (χ0v) is 12.4. The summed E-state index contributed by atoms with van der Waals surface area (Å²) in [5.74, 6) is -1.14. The summed E-state index contributed by atoms with van der Waals surface area (Å²) in [6.07, 6.45) is 6.96. The van der Waals surface area contributed by atoms with Crippen LogP contribution in [0.1, 0.15) is 59.3 Å². The maximum atomic E-state index is 11.8. The van der Waals surface area contributed by atoms with Crippen molar-refractivity contribution < 1.29 is 19.1 Å². The van der Waals surface area contributed by atoms with Gasteiger partial charge in [-0.15, -0.1) is 0 Å². The number of esters is 2. The lowest BCUT2D eigenvalue weighted by Crippen LogP contribution is -2.19. The van der Waals surface area contributed by atoms with Crippen LogP contribution < -0.4 is 0 Å². The average molecular weight is 270 g/mol. The fourth-order valence-electron chi connectivity index (χ4n) is 1.44. The highest BCUT2D eigenvalue weighted by atomic mass is 16.6. The van der Waals surface area contributed by atoms with Gasteiger partial charge in [0, 0.05) is 0 Å². The van der Waals surface area contributed by atoms with Gasteiger partial charge in [-0.3, -0.25) is 0 Å². The van der Waals surface area contributed by atoms with E-state index in [9.17, 15) is 9.59 Å². The lowest BCUT2D eigenvalue weighted by Gasteiger charge is -2.08. The molecule has 4 heteroatoms. The van der Waals surface area contributed by atoms with Gasteiger partial charge in [0.2, 0.25) is 0 Å². The summed E-state index contributed by atoms with van der Waals surface area (Å²) in [7, 11) is 0. The molecule has 0 saturated carbocycles. The Morgan fingerprint density at radius 2 is 1.37 bits per heavy atom. The van der Waals surface area contributed by atoms with E-state index in [1.54, 1.807) is 6.08 Å². The molecular formula is C15H26O4. The Morgan fingerprint density at radius 1 is 0.842 bits per heavy atom. The maximum absolute atomic E-state index is 11.8. The van der Waals surface area contributed by atoms with E-state index in [1.165, 1.54) is 0 Å². The summed E-state index contributed by atoms with van der Waals surface area (Å²) >= 11 is 0. The van der Waals surface area contributed by atoms with Crippen LogP contribution in [0.4, 0.5) is 0 Å². The van der Waals surface area contributed by atoms with Crippen LogP contribution in [0.5, 0.6) is 0 Å². The van der Waals surface area contributed by atoms with Gasteiger partial charge in [-0.1, -0.05) is 39.7 Å². The largest absolute Gasteiger partial charge is 0.462 e. The van der Waals surface area contributed by atoms with Crippen LogP contribution >= 0.6 is 0 Å². The van der Waals surface area contributed by atoms with E-state index in [-0.39, 0.29) is 5.57 Å². The Labute approximate surface area is 116 Å². The molecule has 0 aliphatic heterocycles. The van der Waals surface area contributed by atoms with E-state index < -0.39 is 11.9 Å². The van der Waals surface area contributed by atoms with Gasteiger partial charge in [0.15, 0.2) is 0 Å². The first-order valence-electron chi connectivity index (χ1n) is 7.21. The Hall–Kier alpha value is -1.32. The van der Waals surface area contributed by atoms with Gasteiger partial charge in [-0.25, -0.2) is 9.59 Å². The molecule has 19 heavy (non-hydrogen) atoms. The predicted octanol–water partition coefficient (Wildman–Crippen LogP) is 3.40. The van der Waals surface area contributed by atoms with Crippen LogP contribution in [0, 0.1) is 0 Å². The molecule has 0 bridgehead atoms. The first-order chi connectivity index (χ1) is 9.17. The number of unbranched alkanes of at least 4 members (excludes halogenated alkanes) is 3. The molecule has 0 aliphatic rings. The molecule has 0 unspecified atom stereocenters. The van der Waals surface area contributed by atoms with Crippen LogP contribution in [0.25, 0.3) is 0 Å². The smallest absolute Gasteiger partial charge is 0.345 e. The highest BCUT2D eigenvalue weighted by molar-refractivity contribution is 6.14. The van der Waals surface area contributed by atoms with Crippen molar-refractivity contribution >= 4 is 11.9 Å². The van der Waals surface area contributed by atoms with Crippen LogP contribution in [-0.4, -0.2) is 25.2 Å². The van der Waals surface area contributed by atoms with Crippen molar-refractivity contribution in [3.8, 4) is 0 Å². The van der Waals surface area contributed by atoms with E-state index in [1.807, 2.05) is 13.8 Å². The van der Waals surface area contributed by atoms with Gasteiger partial charge in [0.25, 0.3) is 0 Å². The molecule has 0 aromatic rings. The SMILES string of the molecule is CCCCCC=C(C(=O)OCCC)C(=O)OCCC. The van der Waals surface area contributed by atoms with Crippen molar-refractivity contribution in [1.82, 2.24) is 0 Å². The van der Waals surface area contributed by atoms with Gasteiger partial charge >= 0.3 is 11.9 Å². The predicted molar refractivity (Wildman–Crippen MR) is 74.7 cm³/mol. The first-order valence-corrected chi connectivity index (χ1v) is 7.21. The fourth-order valence-corrected chi connectivity index (χ4v) is 1.44. The molecule has 0 atom stereocenters. The van der Waals surface area contributed by atoms with Crippen molar-refractivity contribution in [2.24, 2.45) is 0 Å². The highest BCUT2D eigenvalue weighted by Gasteiger charge is 2.20. The second-order valence-corrected chi connectivity index (χ2v) is 4.39. The molecule has 0 saturated heterocycles. The second kappa shape index (κ2) is 11.8. The quantitative estimate of drug-likeness (QED) is 0.201. The van der Waals surface area contributed by atoms with Crippen molar-refractivity contribution in [3.05, 3.63) is 11.6 Å². The topological polar surface area (TPSA) is 52.6 Å². The van der Waals surface area contributed by atoms with Crippen molar-refractivity contribution in [3.63, 3.8) is 0 Å². The Kier molecular flexibility index (Phi) is 10.9. The second-order valence-electron chi connectivity index (χ2n) is 4.39. The highest BCUT2D eigenvalue weighted by Crippen LogP contribution is 2.08. The monoisotopic (exact) mass is 270 g/mol. The van der Waals surface area contributed by atoms with E-state index in [0.29, 0.717) is 19.6 Å². The molecule has 0 fully saturated rings. The molecule has 0 spiro atoms. The minimum absolute atomic E-state index is 0.0398. The summed E-state index contributed by atoms with van der Waals surface area (Å²) in [5, 5.41) is 0. The summed E-state index contributed by atoms with van der Waals surface area (Å²) < 4.78 is 10.0. The normalized spacial score (nSPS) is 9.84. The van der Waals surface area contributed by atoms with Gasteiger partial charge in [-0.05, 0) is 25.7 Å². The molecule has 0 N–H and O–H groups in total. The molecule has 4 nitrogen and oxygen atoms in total. The van der Waals surface area contributed by atoms with Crippen molar-refractivity contribution in [2.75, 3.05) is 13.2 Å². The number of carbonyl (C=O) groups is 2. The van der Waals surface area contributed by atoms with Crippen LogP contribution in [-0.2, 0) is 19.1 Å².